The average Bonchev–Trinajstić information content (AvgIpc) is 3.02. The predicted octanol–water partition coefficient (Wildman–Crippen LogP) is 3.79. The number of nitrogens with one attached hydrogen (secondary N) is 2. The van der Waals surface area contributed by atoms with Gasteiger partial charge in [-0.1, -0.05) is 20.8 Å². The molecule has 2 bridgehead atoms. The van der Waals surface area contributed by atoms with E-state index in [1.165, 1.54) is 24.3 Å². The molecular formula is C22H23N5O4. The average molecular weight is 421 g/mol. The summed E-state index contributed by atoms with van der Waals surface area (Å²) in [6.07, 6.45) is 4.25. The Balaban J connectivity index is 1.65. The van der Waals surface area contributed by atoms with Crippen LogP contribution in [0.25, 0.3) is 0 Å². The van der Waals surface area contributed by atoms with Crippen molar-refractivity contribution in [2.24, 2.45) is 21.3 Å². The fourth-order valence-electron chi connectivity index (χ4n) is 4.92. The number of carbonyl (C=O) groups is 2. The number of Topliss-reactive ketones (excluding diaryl/α,β-unsaturated/α-hetero) is 1. The highest BCUT2D eigenvalue weighted by Crippen LogP contribution is 2.69. The second-order valence-corrected chi connectivity index (χ2v) is 8.76. The maximum absolute atomic E-state index is 13.6. The largest absolute Gasteiger partial charge is 0.325 e. The molecule has 2 atom stereocenters. The molecule has 1 amide bonds. The molecule has 0 radical (unpaired) electrons. The number of fused-ring (bicyclic) bond motifs is 2. The van der Waals surface area contributed by atoms with Crippen molar-refractivity contribution in [3.8, 4) is 0 Å². The number of anilines is 2. The standard InChI is InChI=1S/C22H23N5O4/c1-20(2)21(3)10-11-22(20,19(29)24-14-8-12-23-13-9-14)18(28)17(21)26-25-15-4-6-16(7-5-15)27(30)31/h4-9,12-13,25H,10-11H2,1-3H3,(H,23,24,29)/b26-17+. The number of carbonyl (C=O) groups excluding carboxylic acids is 2. The van der Waals surface area contributed by atoms with Gasteiger partial charge in [-0.2, -0.15) is 5.10 Å². The molecule has 9 nitrogen and oxygen atoms in total. The number of amides is 1. The first-order valence-electron chi connectivity index (χ1n) is 9.98. The number of nitro groups is 1. The number of benzene rings is 1. The van der Waals surface area contributed by atoms with E-state index in [0.29, 0.717) is 29.9 Å². The zero-order valence-electron chi connectivity index (χ0n) is 17.5. The third kappa shape index (κ3) is 2.83. The quantitative estimate of drug-likeness (QED) is 0.430. The Bertz CT molecular complexity index is 1100. The van der Waals surface area contributed by atoms with Crippen LogP contribution >= 0.6 is 0 Å². The van der Waals surface area contributed by atoms with Crippen LogP contribution in [0.5, 0.6) is 0 Å². The van der Waals surface area contributed by atoms with Crippen LogP contribution in [0.15, 0.2) is 53.9 Å². The zero-order valence-corrected chi connectivity index (χ0v) is 17.5. The normalized spacial score (nSPS) is 27.3. The summed E-state index contributed by atoms with van der Waals surface area (Å²) in [5, 5.41) is 18.1. The molecule has 2 fully saturated rings. The molecular weight excluding hydrogens is 398 g/mol. The van der Waals surface area contributed by atoms with Gasteiger partial charge < -0.3 is 5.32 Å². The molecule has 2 unspecified atom stereocenters. The van der Waals surface area contributed by atoms with Crippen LogP contribution in [0, 0.1) is 26.4 Å². The summed E-state index contributed by atoms with van der Waals surface area (Å²) in [5.74, 6) is -0.620. The summed E-state index contributed by atoms with van der Waals surface area (Å²) >= 11 is 0. The molecule has 0 spiro atoms. The van der Waals surface area contributed by atoms with Crippen molar-refractivity contribution in [3.05, 3.63) is 58.9 Å². The van der Waals surface area contributed by atoms with E-state index in [9.17, 15) is 19.7 Å². The highest BCUT2D eigenvalue weighted by atomic mass is 16.6. The van der Waals surface area contributed by atoms with Gasteiger partial charge in [0.15, 0.2) is 5.78 Å². The predicted molar refractivity (Wildman–Crippen MR) is 116 cm³/mol. The monoisotopic (exact) mass is 421 g/mol. The minimum absolute atomic E-state index is 0.0333. The lowest BCUT2D eigenvalue weighted by molar-refractivity contribution is -0.384. The van der Waals surface area contributed by atoms with Crippen LogP contribution in [0.1, 0.15) is 33.6 Å². The van der Waals surface area contributed by atoms with Crippen molar-refractivity contribution in [2.75, 3.05) is 10.7 Å². The highest BCUT2D eigenvalue weighted by molar-refractivity contribution is 6.51. The number of non-ortho nitro benzene ring substituents is 1. The summed E-state index contributed by atoms with van der Waals surface area (Å²) in [4.78, 5) is 41.3. The Morgan fingerprint density at radius 1 is 1.06 bits per heavy atom. The molecule has 31 heavy (non-hydrogen) atoms. The minimum atomic E-state index is -1.22. The number of aromatic nitrogens is 1. The van der Waals surface area contributed by atoms with Gasteiger partial charge in [0.2, 0.25) is 5.91 Å². The first-order chi connectivity index (χ1) is 14.6. The Labute approximate surface area is 179 Å². The molecule has 2 aliphatic carbocycles. The fraction of sp³-hybridized carbons (Fsp3) is 0.364. The van der Waals surface area contributed by atoms with Crippen molar-refractivity contribution in [1.82, 2.24) is 4.98 Å². The first-order valence-corrected chi connectivity index (χ1v) is 9.98. The number of nitrogens with zero attached hydrogens (tertiary/aromatic N) is 3. The molecule has 2 saturated carbocycles. The van der Waals surface area contributed by atoms with Gasteiger partial charge in [-0.15, -0.1) is 0 Å². The van der Waals surface area contributed by atoms with Crippen molar-refractivity contribution >= 4 is 34.5 Å². The van der Waals surface area contributed by atoms with E-state index < -0.39 is 21.2 Å². The second-order valence-electron chi connectivity index (χ2n) is 8.76. The molecule has 160 valence electrons. The number of hydrogen-bond donors (Lipinski definition) is 2. The van der Waals surface area contributed by atoms with Gasteiger partial charge in [-0.3, -0.25) is 30.1 Å². The van der Waals surface area contributed by atoms with Gasteiger partial charge >= 0.3 is 0 Å². The van der Waals surface area contributed by atoms with E-state index >= 15 is 0 Å². The summed E-state index contributed by atoms with van der Waals surface area (Å²) in [6, 6.07) is 9.14. The molecule has 2 aromatic rings. The van der Waals surface area contributed by atoms with Gasteiger partial charge in [0.1, 0.15) is 11.1 Å². The third-order valence-corrected chi connectivity index (χ3v) is 7.27. The van der Waals surface area contributed by atoms with E-state index in [1.54, 1.807) is 24.5 Å². The maximum Gasteiger partial charge on any atom is 0.269 e. The molecule has 0 saturated heterocycles. The highest BCUT2D eigenvalue weighted by Gasteiger charge is 2.76. The third-order valence-electron chi connectivity index (χ3n) is 7.27. The Hall–Kier alpha value is -3.62. The summed E-state index contributed by atoms with van der Waals surface area (Å²) < 4.78 is 0. The molecule has 1 aromatic heterocycles. The smallest absolute Gasteiger partial charge is 0.269 e. The maximum atomic E-state index is 13.6. The van der Waals surface area contributed by atoms with Crippen molar-refractivity contribution in [2.45, 2.75) is 33.6 Å². The molecule has 4 rings (SSSR count). The fourth-order valence-corrected chi connectivity index (χ4v) is 4.92. The molecule has 9 heteroatoms. The number of ketones is 1. The summed E-state index contributed by atoms with van der Waals surface area (Å²) in [6.45, 7) is 5.85. The van der Waals surface area contributed by atoms with Crippen LogP contribution in [0.2, 0.25) is 0 Å². The van der Waals surface area contributed by atoms with E-state index in [4.69, 9.17) is 0 Å². The van der Waals surface area contributed by atoms with E-state index in [0.717, 1.165) is 0 Å². The van der Waals surface area contributed by atoms with Gasteiger partial charge in [0.25, 0.3) is 5.69 Å². The van der Waals surface area contributed by atoms with Crippen molar-refractivity contribution < 1.29 is 14.5 Å². The number of rotatable bonds is 5. The lowest BCUT2D eigenvalue weighted by Gasteiger charge is -2.37. The number of pyridine rings is 1. The minimum Gasteiger partial charge on any atom is -0.325 e. The number of hydrogen-bond acceptors (Lipinski definition) is 7. The molecule has 0 aliphatic heterocycles. The SMILES string of the molecule is CC12CCC(C(=O)Nc3ccncc3)(C(=O)/C1=N\Nc1ccc([N+](=O)[O-])cc1)C2(C)C. The van der Waals surface area contributed by atoms with Gasteiger partial charge in [-0.05, 0) is 42.5 Å². The lowest BCUT2D eigenvalue weighted by atomic mass is 9.64. The van der Waals surface area contributed by atoms with E-state index in [-0.39, 0.29) is 17.4 Å². The first kappa shape index (κ1) is 20.6. The van der Waals surface area contributed by atoms with Crippen LogP contribution < -0.4 is 10.7 Å². The molecule has 2 aliphatic rings. The summed E-state index contributed by atoms with van der Waals surface area (Å²) in [7, 11) is 0. The van der Waals surface area contributed by atoms with E-state index in [2.05, 4.69) is 20.8 Å². The van der Waals surface area contributed by atoms with Gasteiger partial charge in [0, 0.05) is 35.6 Å². The van der Waals surface area contributed by atoms with Crippen LogP contribution in [0.3, 0.4) is 0 Å². The molecule has 1 aromatic carbocycles. The van der Waals surface area contributed by atoms with Crippen molar-refractivity contribution in [3.63, 3.8) is 0 Å². The Morgan fingerprint density at radius 2 is 1.71 bits per heavy atom. The number of hydrazone groups is 1. The van der Waals surface area contributed by atoms with E-state index in [1.807, 2.05) is 20.8 Å². The van der Waals surface area contributed by atoms with Gasteiger partial charge in [0.05, 0.1) is 10.6 Å². The van der Waals surface area contributed by atoms with Crippen molar-refractivity contribution in [1.29, 1.82) is 0 Å². The van der Waals surface area contributed by atoms with Crippen LogP contribution in [-0.2, 0) is 9.59 Å². The summed E-state index contributed by atoms with van der Waals surface area (Å²) in [5.41, 5.74) is 1.78. The molecule has 2 N–H and O–H groups in total. The topological polar surface area (TPSA) is 127 Å². The van der Waals surface area contributed by atoms with Gasteiger partial charge in [-0.25, -0.2) is 0 Å². The zero-order chi connectivity index (χ0) is 22.4. The Morgan fingerprint density at radius 3 is 2.32 bits per heavy atom. The Kier molecular flexibility index (Phi) is 4.64. The lowest BCUT2D eigenvalue weighted by Crippen LogP contribution is -2.47. The van der Waals surface area contributed by atoms with Crippen LogP contribution in [0.4, 0.5) is 17.1 Å². The molecule has 1 heterocycles. The second kappa shape index (κ2) is 6.97. The van der Waals surface area contributed by atoms with Crippen LogP contribution in [-0.4, -0.2) is 27.3 Å². The number of nitro benzene ring substituents is 1.